The van der Waals surface area contributed by atoms with Crippen LogP contribution >= 0.6 is 0 Å². The van der Waals surface area contributed by atoms with Gasteiger partial charge in [0.1, 0.15) is 6.54 Å². The zero-order valence-electron chi connectivity index (χ0n) is 22.1. The quantitative estimate of drug-likeness (QED) is 0.355. The number of piperidine rings is 1. The van der Waals surface area contributed by atoms with Crippen molar-refractivity contribution in [1.82, 2.24) is 19.5 Å². The van der Waals surface area contributed by atoms with Gasteiger partial charge in [0, 0.05) is 35.2 Å². The second-order valence-electron chi connectivity index (χ2n) is 11.3. The largest absolute Gasteiger partial charge is 0.361 e. The summed E-state index contributed by atoms with van der Waals surface area (Å²) in [7, 11) is -4.01. The molecule has 9 nitrogen and oxygen atoms in total. The van der Waals surface area contributed by atoms with Gasteiger partial charge in [0.2, 0.25) is 5.91 Å². The highest BCUT2D eigenvalue weighted by molar-refractivity contribution is 7.90. The van der Waals surface area contributed by atoms with E-state index in [9.17, 15) is 18.0 Å². The Morgan fingerprint density at radius 1 is 1.11 bits per heavy atom. The van der Waals surface area contributed by atoms with E-state index >= 15 is 0 Å². The molecule has 2 atom stereocenters. The van der Waals surface area contributed by atoms with E-state index in [1.807, 2.05) is 42.6 Å². The molecule has 10 heteroatoms. The van der Waals surface area contributed by atoms with Crippen molar-refractivity contribution in [3.8, 4) is 0 Å². The first-order valence-corrected chi connectivity index (χ1v) is 14.8. The second-order valence-corrected chi connectivity index (χ2v) is 13.4. The van der Waals surface area contributed by atoms with Gasteiger partial charge in [0.05, 0.1) is 17.2 Å². The van der Waals surface area contributed by atoms with Gasteiger partial charge in [-0.15, -0.1) is 3.89 Å². The van der Waals surface area contributed by atoms with Crippen molar-refractivity contribution in [3.05, 3.63) is 65.9 Å². The Labute approximate surface area is 223 Å². The maximum absolute atomic E-state index is 14.7. The first-order valence-electron chi connectivity index (χ1n) is 13.0. The highest BCUT2D eigenvalue weighted by Gasteiger charge is 2.63. The van der Waals surface area contributed by atoms with Gasteiger partial charge in [-0.2, -0.15) is 8.42 Å². The number of carbonyl (C=O) groups excluding carboxylic acids is 2. The van der Waals surface area contributed by atoms with Crippen LogP contribution < -0.4 is 20.3 Å². The van der Waals surface area contributed by atoms with Gasteiger partial charge >= 0.3 is 15.9 Å². The molecule has 2 amide bonds. The molecule has 2 aliphatic rings. The van der Waals surface area contributed by atoms with Crippen LogP contribution in [-0.4, -0.2) is 62.7 Å². The highest BCUT2D eigenvalue weighted by atomic mass is 32.2. The fraction of sp³-hybridized carbons (Fsp3) is 0.429. The van der Waals surface area contributed by atoms with Gasteiger partial charge in [-0.05, 0) is 51.4 Å². The minimum Gasteiger partial charge on any atom is -0.361 e. The van der Waals surface area contributed by atoms with Gasteiger partial charge < -0.3 is 21.4 Å². The normalized spacial score (nSPS) is 21.8. The molecule has 0 saturated carbocycles. The van der Waals surface area contributed by atoms with Crippen molar-refractivity contribution >= 4 is 38.4 Å². The summed E-state index contributed by atoms with van der Waals surface area (Å²) in [6.45, 7) is 4.71. The predicted molar refractivity (Wildman–Crippen MR) is 149 cm³/mol. The standard InChI is InChI=1S/C28H35N5O4S/c1-27(2,29)26(35)32-23(16-19-17-31-22-10-6-4-8-20(19)22)25(34)33(38(3,36)37)18-28(12-14-30-15-13-28)21-9-5-7-11-24(21)33/h4-11,17,23,30-31H,12-16,18,29H2,1-3H3/p+1/t23-,33?/m1/s1. The lowest BCUT2D eigenvalue weighted by Crippen LogP contribution is -2.67. The molecular weight excluding hydrogens is 502 g/mol. The number of hydrogen-bond acceptors (Lipinski definition) is 6. The van der Waals surface area contributed by atoms with Crippen molar-refractivity contribution in [3.63, 3.8) is 0 Å². The first-order chi connectivity index (χ1) is 17.9. The molecule has 5 N–H and O–H groups in total. The number of carbonyl (C=O) groups is 2. The van der Waals surface area contributed by atoms with E-state index < -0.39 is 42.7 Å². The summed E-state index contributed by atoms with van der Waals surface area (Å²) in [6, 6.07) is 13.9. The summed E-state index contributed by atoms with van der Waals surface area (Å²) >= 11 is 0. The maximum Gasteiger partial charge on any atom is 0.356 e. The molecule has 0 aliphatic carbocycles. The van der Waals surface area contributed by atoms with Gasteiger partial charge in [0.25, 0.3) is 0 Å². The maximum atomic E-state index is 14.7. The van der Waals surface area contributed by atoms with Crippen LogP contribution in [0, 0.1) is 0 Å². The van der Waals surface area contributed by atoms with Crippen molar-refractivity contribution in [2.24, 2.45) is 5.73 Å². The topological polar surface area (TPSA) is 134 Å². The molecule has 1 fully saturated rings. The van der Waals surface area contributed by atoms with Crippen LogP contribution in [0.15, 0.2) is 54.7 Å². The van der Waals surface area contributed by atoms with Crippen molar-refractivity contribution < 1.29 is 18.0 Å². The number of hydrogen-bond donors (Lipinski definition) is 4. The van der Waals surface area contributed by atoms with E-state index in [0.29, 0.717) is 5.69 Å². The zero-order chi connectivity index (χ0) is 27.3. The number of para-hydroxylation sites is 2. The van der Waals surface area contributed by atoms with Gasteiger partial charge in [-0.25, -0.2) is 4.79 Å². The monoisotopic (exact) mass is 538 g/mol. The third-order valence-electron chi connectivity index (χ3n) is 8.16. The van der Waals surface area contributed by atoms with Gasteiger partial charge in [-0.1, -0.05) is 36.4 Å². The van der Waals surface area contributed by atoms with Gasteiger partial charge in [-0.3, -0.25) is 4.79 Å². The molecule has 0 radical (unpaired) electrons. The number of benzene rings is 2. The van der Waals surface area contributed by atoms with Crippen LogP contribution in [0.3, 0.4) is 0 Å². The van der Waals surface area contributed by atoms with E-state index in [-0.39, 0.29) is 13.0 Å². The number of fused-ring (bicyclic) bond motifs is 3. The Kier molecular flexibility index (Phi) is 6.50. The number of H-pyrrole nitrogens is 1. The zero-order valence-corrected chi connectivity index (χ0v) is 22.9. The number of sulfonamides is 1. The average molecular weight is 539 g/mol. The summed E-state index contributed by atoms with van der Waals surface area (Å²) in [5.41, 5.74) is 7.46. The lowest BCUT2D eigenvalue weighted by molar-refractivity contribution is -0.134. The summed E-state index contributed by atoms with van der Waals surface area (Å²) < 4.78 is 26.7. The number of amides is 2. The molecule has 5 rings (SSSR count). The van der Waals surface area contributed by atoms with Crippen molar-refractivity contribution in [1.29, 1.82) is 0 Å². The van der Waals surface area contributed by atoms with E-state index in [2.05, 4.69) is 15.6 Å². The smallest absolute Gasteiger partial charge is 0.356 e. The van der Waals surface area contributed by atoms with Crippen LogP contribution in [0.4, 0.5) is 5.69 Å². The number of quaternary nitrogens is 1. The van der Waals surface area contributed by atoms with Crippen LogP contribution in [0.25, 0.3) is 10.9 Å². The molecular formula is C28H36N5O4S+. The third kappa shape index (κ3) is 4.25. The Balaban J connectivity index is 1.65. The highest BCUT2D eigenvalue weighted by Crippen LogP contribution is 2.51. The van der Waals surface area contributed by atoms with Crippen LogP contribution in [0.5, 0.6) is 0 Å². The number of rotatable bonds is 6. The van der Waals surface area contributed by atoms with E-state index in [1.54, 1.807) is 26.0 Å². The lowest BCUT2D eigenvalue weighted by atomic mass is 9.75. The second kappa shape index (κ2) is 9.30. The molecule has 1 unspecified atom stereocenters. The van der Waals surface area contributed by atoms with Crippen LogP contribution in [0.2, 0.25) is 0 Å². The fourth-order valence-corrected chi connectivity index (χ4v) is 7.59. The molecule has 202 valence electrons. The summed E-state index contributed by atoms with van der Waals surface area (Å²) in [5.74, 6) is -1.09. The number of aromatic nitrogens is 1. The SMILES string of the molecule is CC(C)(N)C(=O)N[C@H](Cc1c[nH]c2ccccc12)C(=O)[N+]1(S(C)(=O)=O)CC2(CCNCC2)c2ccccc21. The Morgan fingerprint density at radius 2 is 1.76 bits per heavy atom. The van der Waals surface area contributed by atoms with E-state index in [4.69, 9.17) is 5.73 Å². The Hall–Kier alpha value is -3.05. The first kappa shape index (κ1) is 26.6. The number of nitrogens with two attached hydrogens (primary N) is 1. The van der Waals surface area contributed by atoms with E-state index in [0.717, 1.165) is 54.2 Å². The minimum absolute atomic E-state index is 0.109. The number of aromatic amines is 1. The summed E-state index contributed by atoms with van der Waals surface area (Å²) in [4.78, 5) is 31.1. The van der Waals surface area contributed by atoms with Crippen LogP contribution in [0.1, 0.15) is 37.8 Å². The number of nitrogens with one attached hydrogen (secondary N) is 3. The summed E-state index contributed by atoms with van der Waals surface area (Å²) in [5, 5.41) is 7.11. The molecule has 3 heterocycles. The Morgan fingerprint density at radius 3 is 2.45 bits per heavy atom. The molecule has 1 saturated heterocycles. The van der Waals surface area contributed by atoms with Crippen molar-refractivity contribution in [2.75, 3.05) is 25.9 Å². The third-order valence-corrected chi connectivity index (χ3v) is 9.80. The molecule has 2 aliphatic heterocycles. The summed E-state index contributed by atoms with van der Waals surface area (Å²) in [6.07, 6.45) is 4.50. The molecule has 2 aromatic carbocycles. The van der Waals surface area contributed by atoms with E-state index in [1.165, 1.54) is 0 Å². The Bertz CT molecular complexity index is 1500. The molecule has 1 spiro atoms. The molecule has 1 aromatic heterocycles. The van der Waals surface area contributed by atoms with Crippen LogP contribution in [-0.2, 0) is 31.4 Å². The lowest BCUT2D eigenvalue weighted by Gasteiger charge is -2.37. The predicted octanol–water partition coefficient (Wildman–Crippen LogP) is 2.06. The fourth-order valence-electron chi connectivity index (χ4n) is 6.14. The van der Waals surface area contributed by atoms with Gasteiger partial charge in [0.15, 0.2) is 11.7 Å². The minimum atomic E-state index is -4.01. The number of nitrogens with zero attached hydrogens (tertiary/aromatic N) is 1. The molecule has 3 aromatic rings. The molecule has 38 heavy (non-hydrogen) atoms. The van der Waals surface area contributed by atoms with Crippen molar-refractivity contribution in [2.45, 2.75) is 50.1 Å². The molecule has 0 bridgehead atoms. The average Bonchev–Trinajstić information content (AvgIpc) is 3.41.